The molecule has 2 aromatic carbocycles. The van der Waals surface area contributed by atoms with Crippen molar-refractivity contribution in [2.75, 3.05) is 12.3 Å². The molecule has 0 spiro atoms. The predicted molar refractivity (Wildman–Crippen MR) is 105 cm³/mol. The third-order valence-corrected chi connectivity index (χ3v) is 8.68. The van der Waals surface area contributed by atoms with E-state index in [2.05, 4.69) is 32.9 Å². The first-order valence-corrected chi connectivity index (χ1v) is 10.9. The molecule has 0 aliphatic heterocycles. The number of Topliss-reactive ketones (excluding diaryl/α,β-unsaturated/α-hetero) is 1. The minimum atomic E-state index is -0.284. The van der Waals surface area contributed by atoms with Gasteiger partial charge in [0, 0.05) is 22.2 Å². The fourth-order valence-corrected chi connectivity index (χ4v) is 7.11. The summed E-state index contributed by atoms with van der Waals surface area (Å²) in [5.74, 6) is 0.559. The average molecular weight is 359 g/mol. The van der Waals surface area contributed by atoms with Crippen molar-refractivity contribution >= 4 is 25.3 Å². The summed E-state index contributed by atoms with van der Waals surface area (Å²) in [6.45, 7) is 6.70. The van der Waals surface area contributed by atoms with Crippen LogP contribution in [0, 0.1) is 5.92 Å². The first-order chi connectivity index (χ1) is 11.6. The van der Waals surface area contributed by atoms with Crippen LogP contribution < -0.4 is 0 Å². The van der Waals surface area contributed by atoms with Crippen LogP contribution >= 0.6 is 19.5 Å². The molecule has 3 heteroatoms. The molecule has 1 aliphatic carbocycles. The lowest BCUT2D eigenvalue weighted by Crippen LogP contribution is -2.22. The molecule has 0 bridgehead atoms. The van der Waals surface area contributed by atoms with E-state index in [4.69, 9.17) is 11.6 Å². The summed E-state index contributed by atoms with van der Waals surface area (Å²) in [5.41, 5.74) is 3.51. The zero-order valence-corrected chi connectivity index (χ0v) is 16.1. The van der Waals surface area contributed by atoms with Crippen LogP contribution in [0.4, 0.5) is 0 Å². The van der Waals surface area contributed by atoms with Gasteiger partial charge in [-0.25, -0.2) is 0 Å². The van der Waals surface area contributed by atoms with Gasteiger partial charge in [-0.2, -0.15) is 0 Å². The van der Waals surface area contributed by atoms with Crippen molar-refractivity contribution in [2.45, 2.75) is 32.3 Å². The minimum Gasteiger partial charge on any atom is -0.294 e. The largest absolute Gasteiger partial charge is 0.294 e. The molecule has 1 nitrogen and oxygen atoms in total. The van der Waals surface area contributed by atoms with Crippen LogP contribution in [0.25, 0.3) is 0 Å². The lowest BCUT2D eigenvalue weighted by atomic mass is 9.87. The Morgan fingerprint density at radius 3 is 2.29 bits per heavy atom. The van der Waals surface area contributed by atoms with E-state index in [1.165, 1.54) is 5.56 Å². The predicted octanol–water partition coefficient (Wildman–Crippen LogP) is 6.52. The lowest BCUT2D eigenvalue weighted by molar-refractivity contribution is 0.0922. The fraction of sp³-hybridized carbons (Fsp3) is 0.381. The number of carbonyl (C=O) groups is 1. The summed E-state index contributed by atoms with van der Waals surface area (Å²) < 4.78 is 0. The highest BCUT2D eigenvalue weighted by Gasteiger charge is 2.44. The van der Waals surface area contributed by atoms with E-state index >= 15 is 0 Å². The van der Waals surface area contributed by atoms with Gasteiger partial charge < -0.3 is 0 Å². The summed E-state index contributed by atoms with van der Waals surface area (Å²) >= 11 is 6.56. The van der Waals surface area contributed by atoms with Gasteiger partial charge in [0.2, 0.25) is 0 Å². The molecule has 3 unspecified atom stereocenters. The second-order valence-electron chi connectivity index (χ2n) is 6.45. The smallest absolute Gasteiger partial charge is 0.167 e. The zero-order chi connectivity index (χ0) is 17.3. The number of hydrogen-bond acceptors (Lipinski definition) is 1. The summed E-state index contributed by atoms with van der Waals surface area (Å²) in [4.78, 5) is 13.2. The van der Waals surface area contributed by atoms with Gasteiger partial charge in [-0.15, -0.1) is 0 Å². The molecule has 0 saturated heterocycles. The number of ketones is 1. The summed E-state index contributed by atoms with van der Waals surface area (Å²) in [6, 6.07) is 16.2. The van der Waals surface area contributed by atoms with Crippen LogP contribution in [0.1, 0.15) is 53.8 Å². The Kier molecular flexibility index (Phi) is 5.42. The van der Waals surface area contributed by atoms with E-state index in [0.29, 0.717) is 5.78 Å². The number of rotatable bonds is 5. The topological polar surface area (TPSA) is 17.1 Å². The molecule has 3 atom stereocenters. The molecule has 0 amide bonds. The SMILES string of the molecule is CCP(CC)C(c1ccccc1Cl)C1C(=O)c2ccccc2C1C. The first kappa shape index (κ1) is 17.6. The van der Waals surface area contributed by atoms with Gasteiger partial charge in [-0.1, -0.05) is 82.8 Å². The highest BCUT2D eigenvalue weighted by molar-refractivity contribution is 7.58. The Labute approximate surface area is 151 Å². The molecule has 0 aromatic heterocycles. The van der Waals surface area contributed by atoms with Gasteiger partial charge in [-0.05, 0) is 35.4 Å². The van der Waals surface area contributed by atoms with Crippen molar-refractivity contribution in [3.8, 4) is 0 Å². The highest BCUT2D eigenvalue weighted by atomic mass is 35.5. The Morgan fingerprint density at radius 1 is 1.04 bits per heavy atom. The zero-order valence-electron chi connectivity index (χ0n) is 14.5. The molecule has 0 fully saturated rings. The van der Waals surface area contributed by atoms with E-state index in [1.54, 1.807) is 0 Å². The first-order valence-electron chi connectivity index (χ1n) is 8.71. The molecule has 2 aromatic rings. The molecular weight excluding hydrogens is 335 g/mol. The molecular formula is C21H24ClOP. The van der Waals surface area contributed by atoms with Crippen molar-refractivity contribution < 1.29 is 4.79 Å². The van der Waals surface area contributed by atoms with E-state index in [9.17, 15) is 4.79 Å². The lowest BCUT2D eigenvalue weighted by Gasteiger charge is -2.33. The number of halogens is 1. The van der Waals surface area contributed by atoms with Crippen molar-refractivity contribution in [1.29, 1.82) is 0 Å². The fourth-order valence-electron chi connectivity index (χ4n) is 4.08. The molecule has 24 heavy (non-hydrogen) atoms. The van der Waals surface area contributed by atoms with E-state index < -0.39 is 0 Å². The average Bonchev–Trinajstić information content (AvgIpc) is 2.85. The highest BCUT2D eigenvalue weighted by Crippen LogP contribution is 2.60. The molecule has 0 heterocycles. The number of benzene rings is 2. The number of fused-ring (bicyclic) bond motifs is 1. The second-order valence-corrected chi connectivity index (χ2v) is 9.86. The summed E-state index contributed by atoms with van der Waals surface area (Å²) in [5, 5.41) is 0.799. The van der Waals surface area contributed by atoms with Gasteiger partial charge in [0.25, 0.3) is 0 Å². The third kappa shape index (κ3) is 2.93. The Balaban J connectivity index is 2.11. The Morgan fingerprint density at radius 2 is 1.67 bits per heavy atom. The Bertz CT molecular complexity index is 738. The molecule has 3 rings (SSSR count). The van der Waals surface area contributed by atoms with Crippen LogP contribution in [0.15, 0.2) is 48.5 Å². The van der Waals surface area contributed by atoms with Crippen molar-refractivity contribution in [3.05, 3.63) is 70.2 Å². The standard InChI is InChI=1S/C21H24ClOP/c1-4-24(5-2)21(17-12-8-9-13-18(17)22)19-14(3)15-10-6-7-11-16(15)20(19)23/h6-14,19,21H,4-5H2,1-3H3. The number of hydrogen-bond donors (Lipinski definition) is 0. The summed E-state index contributed by atoms with van der Waals surface area (Å²) in [6.07, 6.45) is 2.24. The van der Waals surface area contributed by atoms with Crippen LogP contribution in [-0.2, 0) is 0 Å². The van der Waals surface area contributed by atoms with Crippen LogP contribution in [0.5, 0.6) is 0 Å². The minimum absolute atomic E-state index is 0.00770. The van der Waals surface area contributed by atoms with E-state index in [-0.39, 0.29) is 25.4 Å². The van der Waals surface area contributed by atoms with Crippen molar-refractivity contribution in [3.63, 3.8) is 0 Å². The van der Waals surface area contributed by atoms with Crippen molar-refractivity contribution in [2.24, 2.45) is 5.92 Å². The van der Waals surface area contributed by atoms with Gasteiger partial charge in [0.15, 0.2) is 5.78 Å². The molecule has 126 valence electrons. The third-order valence-electron chi connectivity index (χ3n) is 5.33. The quantitative estimate of drug-likeness (QED) is 0.556. The molecule has 0 radical (unpaired) electrons. The van der Waals surface area contributed by atoms with Gasteiger partial charge in [0.05, 0.1) is 0 Å². The molecule has 0 saturated carbocycles. The van der Waals surface area contributed by atoms with Crippen LogP contribution in [0.2, 0.25) is 5.02 Å². The monoisotopic (exact) mass is 358 g/mol. The Hall–Kier alpha value is -1.17. The van der Waals surface area contributed by atoms with Gasteiger partial charge >= 0.3 is 0 Å². The molecule has 0 N–H and O–H groups in total. The summed E-state index contributed by atoms with van der Waals surface area (Å²) in [7, 11) is -0.284. The maximum absolute atomic E-state index is 13.2. The van der Waals surface area contributed by atoms with Gasteiger partial charge in [0.1, 0.15) is 0 Å². The van der Waals surface area contributed by atoms with Gasteiger partial charge in [-0.3, -0.25) is 4.79 Å². The van der Waals surface area contributed by atoms with Crippen molar-refractivity contribution in [1.82, 2.24) is 0 Å². The second kappa shape index (κ2) is 7.38. The van der Waals surface area contributed by atoms with Crippen LogP contribution in [-0.4, -0.2) is 18.1 Å². The normalized spacial score (nSPS) is 21.1. The van der Waals surface area contributed by atoms with E-state index in [0.717, 1.165) is 28.5 Å². The maximum Gasteiger partial charge on any atom is 0.167 e. The maximum atomic E-state index is 13.2. The molecule has 1 aliphatic rings. The van der Waals surface area contributed by atoms with E-state index in [1.807, 2.05) is 36.4 Å². The number of carbonyl (C=O) groups excluding carboxylic acids is 1. The van der Waals surface area contributed by atoms with Crippen LogP contribution in [0.3, 0.4) is 0 Å².